The number of nitrogen functional groups attached to an aromatic ring is 1. The fraction of sp³-hybridized carbons (Fsp3) is 0.615. The lowest BCUT2D eigenvalue weighted by atomic mass is 10.1. The molecule has 0 aliphatic carbocycles. The van der Waals surface area contributed by atoms with Gasteiger partial charge in [0.1, 0.15) is 5.82 Å². The molecule has 4 heteroatoms. The topological polar surface area (TPSA) is 54.2 Å². The molecular formula is C13H22N4. The van der Waals surface area contributed by atoms with Gasteiger partial charge in [0, 0.05) is 24.7 Å². The highest BCUT2D eigenvalue weighted by Crippen LogP contribution is 2.19. The molecule has 4 nitrogen and oxygen atoms in total. The lowest BCUT2D eigenvalue weighted by molar-refractivity contribution is 0.373. The highest BCUT2D eigenvalue weighted by Gasteiger charge is 2.26. The van der Waals surface area contributed by atoms with E-state index in [1.54, 1.807) is 6.20 Å². The summed E-state index contributed by atoms with van der Waals surface area (Å²) >= 11 is 0. The number of nitrogens with zero attached hydrogens (tertiary/aromatic N) is 2. The van der Waals surface area contributed by atoms with Gasteiger partial charge in [-0.15, -0.1) is 0 Å². The third-order valence-corrected chi connectivity index (χ3v) is 2.92. The Kier molecular flexibility index (Phi) is 3.24. The molecule has 0 saturated carbocycles. The van der Waals surface area contributed by atoms with Crippen molar-refractivity contribution >= 4 is 11.5 Å². The molecule has 94 valence electrons. The van der Waals surface area contributed by atoms with E-state index in [0.29, 0.717) is 6.04 Å². The highest BCUT2D eigenvalue weighted by molar-refractivity contribution is 5.46. The molecule has 2 rings (SSSR count). The first-order chi connectivity index (χ1) is 7.94. The Morgan fingerprint density at radius 2 is 2.18 bits per heavy atom. The van der Waals surface area contributed by atoms with Crippen LogP contribution in [0.15, 0.2) is 18.3 Å². The second kappa shape index (κ2) is 4.53. The van der Waals surface area contributed by atoms with Crippen molar-refractivity contribution in [3.63, 3.8) is 0 Å². The molecule has 1 fully saturated rings. The quantitative estimate of drug-likeness (QED) is 0.816. The van der Waals surface area contributed by atoms with E-state index in [0.717, 1.165) is 24.6 Å². The van der Waals surface area contributed by atoms with Gasteiger partial charge in [-0.2, -0.15) is 0 Å². The molecule has 1 aromatic heterocycles. The van der Waals surface area contributed by atoms with Gasteiger partial charge < -0.3 is 16.0 Å². The van der Waals surface area contributed by atoms with Crippen molar-refractivity contribution in [3.8, 4) is 0 Å². The Labute approximate surface area is 103 Å². The molecule has 1 aliphatic rings. The smallest absolute Gasteiger partial charge is 0.128 e. The van der Waals surface area contributed by atoms with Crippen LogP contribution in [0, 0.1) is 0 Å². The summed E-state index contributed by atoms with van der Waals surface area (Å²) in [5, 5.41) is 3.64. The molecule has 1 saturated heterocycles. The zero-order chi connectivity index (χ0) is 12.5. The van der Waals surface area contributed by atoms with Crippen molar-refractivity contribution < 1.29 is 0 Å². The summed E-state index contributed by atoms with van der Waals surface area (Å²) in [7, 11) is 0. The van der Waals surface area contributed by atoms with Gasteiger partial charge in [0.2, 0.25) is 0 Å². The van der Waals surface area contributed by atoms with Gasteiger partial charge in [-0.1, -0.05) is 0 Å². The number of rotatable bonds is 2. The van der Waals surface area contributed by atoms with Gasteiger partial charge in [0.15, 0.2) is 0 Å². The van der Waals surface area contributed by atoms with E-state index < -0.39 is 0 Å². The van der Waals surface area contributed by atoms with Crippen molar-refractivity contribution in [3.05, 3.63) is 18.3 Å². The van der Waals surface area contributed by atoms with Crippen molar-refractivity contribution in [1.82, 2.24) is 10.3 Å². The molecule has 0 aromatic carbocycles. The molecular weight excluding hydrogens is 212 g/mol. The molecule has 3 N–H and O–H groups in total. The van der Waals surface area contributed by atoms with Gasteiger partial charge in [-0.05, 0) is 39.3 Å². The number of aromatic nitrogens is 1. The number of hydrogen-bond acceptors (Lipinski definition) is 4. The molecule has 1 aromatic rings. The van der Waals surface area contributed by atoms with E-state index in [1.807, 2.05) is 12.1 Å². The van der Waals surface area contributed by atoms with E-state index in [1.165, 1.54) is 6.42 Å². The third kappa shape index (κ3) is 3.33. The van der Waals surface area contributed by atoms with E-state index >= 15 is 0 Å². The molecule has 0 bridgehead atoms. The predicted molar refractivity (Wildman–Crippen MR) is 72.2 cm³/mol. The SMILES string of the molecule is CC(C)(C)N[C@@H]1CCN(c2ccc(N)cn2)C1. The van der Waals surface area contributed by atoms with Crippen LogP contribution in [0.4, 0.5) is 11.5 Å². The first kappa shape index (κ1) is 12.2. The minimum atomic E-state index is 0.176. The monoisotopic (exact) mass is 234 g/mol. The van der Waals surface area contributed by atoms with E-state index in [-0.39, 0.29) is 5.54 Å². The van der Waals surface area contributed by atoms with Gasteiger partial charge in [-0.3, -0.25) is 0 Å². The molecule has 0 amide bonds. The maximum absolute atomic E-state index is 5.64. The number of pyridine rings is 1. The highest BCUT2D eigenvalue weighted by atomic mass is 15.2. The number of anilines is 2. The number of nitrogens with one attached hydrogen (secondary N) is 1. The molecule has 0 unspecified atom stereocenters. The molecule has 2 heterocycles. The Morgan fingerprint density at radius 1 is 1.41 bits per heavy atom. The van der Waals surface area contributed by atoms with Gasteiger partial charge in [0.25, 0.3) is 0 Å². The summed E-state index contributed by atoms with van der Waals surface area (Å²) in [6.45, 7) is 8.70. The summed E-state index contributed by atoms with van der Waals surface area (Å²) in [5.74, 6) is 1.03. The van der Waals surface area contributed by atoms with E-state index in [4.69, 9.17) is 5.73 Å². The van der Waals surface area contributed by atoms with Crippen LogP contribution in [-0.2, 0) is 0 Å². The lowest BCUT2D eigenvalue weighted by Crippen LogP contribution is -2.44. The molecule has 0 spiro atoms. The Balaban J connectivity index is 1.96. The average Bonchev–Trinajstić information content (AvgIpc) is 2.64. The first-order valence-electron chi connectivity index (χ1n) is 6.18. The first-order valence-corrected chi connectivity index (χ1v) is 6.18. The zero-order valence-electron chi connectivity index (χ0n) is 10.9. The van der Waals surface area contributed by atoms with Crippen molar-refractivity contribution in [2.24, 2.45) is 0 Å². The molecule has 17 heavy (non-hydrogen) atoms. The third-order valence-electron chi connectivity index (χ3n) is 2.92. The minimum absolute atomic E-state index is 0.176. The second-order valence-electron chi connectivity index (χ2n) is 5.78. The summed E-state index contributed by atoms with van der Waals surface area (Å²) in [5.41, 5.74) is 6.54. The van der Waals surface area contributed by atoms with Gasteiger partial charge >= 0.3 is 0 Å². The maximum atomic E-state index is 5.64. The summed E-state index contributed by atoms with van der Waals surface area (Å²) in [6, 6.07) is 4.45. The summed E-state index contributed by atoms with van der Waals surface area (Å²) in [6.07, 6.45) is 2.89. The Bertz CT molecular complexity index is 366. The second-order valence-corrected chi connectivity index (χ2v) is 5.78. The van der Waals surface area contributed by atoms with Crippen LogP contribution >= 0.6 is 0 Å². The van der Waals surface area contributed by atoms with Crippen molar-refractivity contribution in [2.75, 3.05) is 23.7 Å². The minimum Gasteiger partial charge on any atom is -0.397 e. The van der Waals surface area contributed by atoms with Crippen LogP contribution in [0.2, 0.25) is 0 Å². The van der Waals surface area contributed by atoms with Crippen LogP contribution in [0.25, 0.3) is 0 Å². The molecule has 1 atom stereocenters. The average molecular weight is 234 g/mol. The van der Waals surface area contributed by atoms with Crippen LogP contribution in [-0.4, -0.2) is 29.7 Å². The summed E-state index contributed by atoms with van der Waals surface area (Å²) in [4.78, 5) is 6.67. The van der Waals surface area contributed by atoms with Gasteiger partial charge in [0.05, 0.1) is 11.9 Å². The number of nitrogens with two attached hydrogens (primary N) is 1. The fourth-order valence-electron chi connectivity index (χ4n) is 2.28. The normalized spacial score (nSPS) is 20.9. The lowest BCUT2D eigenvalue weighted by Gasteiger charge is -2.26. The van der Waals surface area contributed by atoms with Crippen molar-refractivity contribution in [1.29, 1.82) is 0 Å². The predicted octanol–water partition coefficient (Wildman–Crippen LogP) is 1.63. The number of hydrogen-bond donors (Lipinski definition) is 2. The van der Waals surface area contributed by atoms with Crippen LogP contribution in [0.1, 0.15) is 27.2 Å². The van der Waals surface area contributed by atoms with E-state index in [9.17, 15) is 0 Å². The van der Waals surface area contributed by atoms with Crippen LogP contribution in [0.3, 0.4) is 0 Å². The summed E-state index contributed by atoms with van der Waals surface area (Å²) < 4.78 is 0. The Morgan fingerprint density at radius 3 is 2.76 bits per heavy atom. The van der Waals surface area contributed by atoms with E-state index in [2.05, 4.69) is 36.0 Å². The maximum Gasteiger partial charge on any atom is 0.128 e. The van der Waals surface area contributed by atoms with Crippen LogP contribution in [0.5, 0.6) is 0 Å². The molecule has 0 radical (unpaired) electrons. The largest absolute Gasteiger partial charge is 0.397 e. The zero-order valence-corrected chi connectivity index (χ0v) is 10.9. The van der Waals surface area contributed by atoms with Crippen LogP contribution < -0.4 is 16.0 Å². The van der Waals surface area contributed by atoms with Crippen molar-refractivity contribution in [2.45, 2.75) is 38.8 Å². The molecule has 1 aliphatic heterocycles. The van der Waals surface area contributed by atoms with Gasteiger partial charge in [-0.25, -0.2) is 4.98 Å². The standard InChI is InChI=1S/C13H22N4/c1-13(2,3)16-11-6-7-17(9-11)12-5-4-10(14)8-15-12/h4-5,8,11,16H,6-7,9,14H2,1-3H3/t11-/m1/s1. The Hall–Kier alpha value is -1.29. The fourth-order valence-corrected chi connectivity index (χ4v) is 2.28.